The molecule has 2 aromatic rings. The molecule has 0 fully saturated rings. The fourth-order valence-corrected chi connectivity index (χ4v) is 2.79. The minimum absolute atomic E-state index is 0.0496. The minimum atomic E-state index is -0.0901. The van der Waals surface area contributed by atoms with Crippen molar-refractivity contribution in [3.8, 4) is 11.5 Å². The number of hydrogen-bond donors (Lipinski definition) is 1. The number of fused-ring (bicyclic) bond motifs is 1. The summed E-state index contributed by atoms with van der Waals surface area (Å²) in [6.07, 6.45) is 0.977. The van der Waals surface area contributed by atoms with E-state index in [4.69, 9.17) is 9.47 Å². The highest BCUT2D eigenvalue weighted by Gasteiger charge is 2.24. The van der Waals surface area contributed by atoms with Gasteiger partial charge in [-0.1, -0.05) is 18.2 Å². The topological polar surface area (TPSA) is 67.9 Å². The predicted molar refractivity (Wildman–Crippen MR) is 99.8 cm³/mol. The van der Waals surface area contributed by atoms with Crippen LogP contribution in [-0.4, -0.2) is 31.6 Å². The molecular formula is C20H22N2O4. The summed E-state index contributed by atoms with van der Waals surface area (Å²) in [5, 5.41) is 2.86. The largest absolute Gasteiger partial charge is 0.494 e. The molecule has 0 bridgehead atoms. The highest BCUT2D eigenvalue weighted by molar-refractivity contribution is 5.99. The minimum Gasteiger partial charge on any atom is -0.494 e. The third kappa shape index (κ3) is 4.33. The molecular weight excluding hydrogens is 332 g/mol. The normalized spacial score (nSPS) is 13.0. The van der Waals surface area contributed by atoms with Gasteiger partial charge in [0.05, 0.1) is 12.3 Å². The molecule has 6 nitrogen and oxygen atoms in total. The molecule has 26 heavy (non-hydrogen) atoms. The summed E-state index contributed by atoms with van der Waals surface area (Å²) in [7, 11) is 0. The number of nitrogens with zero attached hydrogens (tertiary/aromatic N) is 1. The van der Waals surface area contributed by atoms with E-state index in [0.29, 0.717) is 43.1 Å². The Bertz CT molecular complexity index is 777. The Kier molecular flexibility index (Phi) is 5.73. The van der Waals surface area contributed by atoms with E-state index in [1.807, 2.05) is 37.3 Å². The summed E-state index contributed by atoms with van der Waals surface area (Å²) in [6, 6.07) is 14.8. The van der Waals surface area contributed by atoms with Crippen LogP contribution in [0.3, 0.4) is 0 Å². The summed E-state index contributed by atoms with van der Waals surface area (Å²) in [4.78, 5) is 25.7. The number of benzene rings is 2. The molecule has 1 N–H and O–H groups in total. The van der Waals surface area contributed by atoms with Gasteiger partial charge in [0.15, 0.2) is 6.61 Å². The first-order valence-corrected chi connectivity index (χ1v) is 8.72. The van der Waals surface area contributed by atoms with Crippen molar-refractivity contribution in [2.45, 2.75) is 19.8 Å². The zero-order valence-electron chi connectivity index (χ0n) is 14.7. The molecule has 2 amide bonds. The van der Waals surface area contributed by atoms with Crippen molar-refractivity contribution in [3.05, 3.63) is 48.5 Å². The van der Waals surface area contributed by atoms with Gasteiger partial charge in [0.2, 0.25) is 5.91 Å². The lowest BCUT2D eigenvalue weighted by Crippen LogP contribution is -2.38. The Labute approximate surface area is 152 Å². The average Bonchev–Trinajstić information content (AvgIpc) is 2.66. The smallest absolute Gasteiger partial charge is 0.265 e. The third-order valence-corrected chi connectivity index (χ3v) is 4.06. The van der Waals surface area contributed by atoms with Gasteiger partial charge in [-0.15, -0.1) is 0 Å². The monoisotopic (exact) mass is 354 g/mol. The van der Waals surface area contributed by atoms with E-state index in [-0.39, 0.29) is 18.4 Å². The van der Waals surface area contributed by atoms with E-state index >= 15 is 0 Å². The Morgan fingerprint density at radius 2 is 2.04 bits per heavy atom. The highest BCUT2D eigenvalue weighted by Crippen LogP contribution is 2.34. The number of likely N-dealkylation sites (N-methyl/N-ethyl adjacent to an activating group) is 1. The van der Waals surface area contributed by atoms with Crippen LogP contribution in [0, 0.1) is 0 Å². The second-order valence-electron chi connectivity index (χ2n) is 5.92. The van der Waals surface area contributed by atoms with Gasteiger partial charge < -0.3 is 19.7 Å². The molecule has 1 aliphatic rings. The second-order valence-corrected chi connectivity index (χ2v) is 5.92. The van der Waals surface area contributed by atoms with Crippen LogP contribution in [0.15, 0.2) is 48.5 Å². The molecule has 0 unspecified atom stereocenters. The molecule has 136 valence electrons. The molecule has 3 rings (SSSR count). The quantitative estimate of drug-likeness (QED) is 0.775. The predicted octanol–water partition coefficient (Wildman–Crippen LogP) is 3.23. The van der Waals surface area contributed by atoms with Crippen molar-refractivity contribution < 1.29 is 19.1 Å². The van der Waals surface area contributed by atoms with Gasteiger partial charge in [0.1, 0.15) is 11.5 Å². The van der Waals surface area contributed by atoms with Crippen LogP contribution in [0.5, 0.6) is 11.5 Å². The number of amides is 2. The fraction of sp³-hybridized carbons (Fsp3) is 0.300. The van der Waals surface area contributed by atoms with Gasteiger partial charge >= 0.3 is 0 Å². The van der Waals surface area contributed by atoms with Crippen molar-refractivity contribution in [3.63, 3.8) is 0 Å². The molecule has 1 aliphatic heterocycles. The molecule has 0 aliphatic carbocycles. The van der Waals surface area contributed by atoms with E-state index < -0.39 is 0 Å². The second kappa shape index (κ2) is 8.38. The molecule has 1 heterocycles. The number of rotatable bonds is 7. The third-order valence-electron chi connectivity index (χ3n) is 4.06. The van der Waals surface area contributed by atoms with Crippen molar-refractivity contribution in [2.75, 3.05) is 30.0 Å². The van der Waals surface area contributed by atoms with Crippen LogP contribution in [0.25, 0.3) is 0 Å². The van der Waals surface area contributed by atoms with Crippen LogP contribution in [0.2, 0.25) is 0 Å². The maximum Gasteiger partial charge on any atom is 0.265 e. The van der Waals surface area contributed by atoms with E-state index in [9.17, 15) is 9.59 Å². The van der Waals surface area contributed by atoms with E-state index in [1.54, 1.807) is 23.1 Å². The number of hydrogen-bond acceptors (Lipinski definition) is 4. The molecule has 0 saturated carbocycles. The number of ether oxygens (including phenoxy) is 2. The summed E-state index contributed by atoms with van der Waals surface area (Å²) in [6.45, 7) is 3.00. The summed E-state index contributed by atoms with van der Waals surface area (Å²) >= 11 is 0. The van der Waals surface area contributed by atoms with Gasteiger partial charge in [-0.2, -0.15) is 0 Å². The maximum absolute atomic E-state index is 12.1. The van der Waals surface area contributed by atoms with Crippen LogP contribution in [-0.2, 0) is 9.59 Å². The Morgan fingerprint density at radius 3 is 2.81 bits per heavy atom. The van der Waals surface area contributed by atoms with E-state index in [2.05, 4.69) is 5.32 Å². The van der Waals surface area contributed by atoms with Crippen molar-refractivity contribution in [1.82, 2.24) is 0 Å². The molecule has 2 aromatic carbocycles. The summed E-state index contributed by atoms with van der Waals surface area (Å²) in [5.41, 5.74) is 1.34. The SMILES string of the molecule is CCN1C(=O)COc2ccc(NC(=O)CCCOc3ccccc3)cc21. The van der Waals surface area contributed by atoms with Gasteiger partial charge in [0.25, 0.3) is 5.91 Å². The molecule has 0 spiro atoms. The molecule has 6 heteroatoms. The van der Waals surface area contributed by atoms with E-state index in [1.165, 1.54) is 0 Å². The Balaban J connectivity index is 1.51. The van der Waals surface area contributed by atoms with Crippen LogP contribution >= 0.6 is 0 Å². The molecule has 0 aromatic heterocycles. The lowest BCUT2D eigenvalue weighted by molar-refractivity contribution is -0.121. The average molecular weight is 354 g/mol. The number of carbonyl (C=O) groups is 2. The summed E-state index contributed by atoms with van der Waals surface area (Å²) < 4.78 is 11.0. The molecule has 0 radical (unpaired) electrons. The first-order valence-electron chi connectivity index (χ1n) is 8.72. The fourth-order valence-electron chi connectivity index (χ4n) is 2.79. The van der Waals surface area contributed by atoms with Gasteiger partial charge in [-0.05, 0) is 43.7 Å². The number of para-hydroxylation sites is 1. The van der Waals surface area contributed by atoms with Crippen molar-refractivity contribution in [2.24, 2.45) is 0 Å². The standard InChI is InChI=1S/C20H22N2O4/c1-2-22-17-13-15(10-11-18(17)26-14-20(22)24)21-19(23)9-6-12-25-16-7-4-3-5-8-16/h3-5,7-8,10-11,13H,2,6,9,12,14H2,1H3,(H,21,23). The first kappa shape index (κ1) is 17.8. The highest BCUT2D eigenvalue weighted by atomic mass is 16.5. The zero-order valence-corrected chi connectivity index (χ0v) is 14.7. The number of anilines is 2. The first-order chi connectivity index (χ1) is 12.7. The lowest BCUT2D eigenvalue weighted by Gasteiger charge is -2.28. The molecule has 0 atom stereocenters. The van der Waals surface area contributed by atoms with Crippen molar-refractivity contribution >= 4 is 23.2 Å². The number of nitrogens with one attached hydrogen (secondary N) is 1. The van der Waals surface area contributed by atoms with E-state index in [0.717, 1.165) is 5.75 Å². The Morgan fingerprint density at radius 1 is 1.23 bits per heavy atom. The molecule has 0 saturated heterocycles. The lowest BCUT2D eigenvalue weighted by atomic mass is 10.2. The van der Waals surface area contributed by atoms with Gasteiger partial charge in [-0.3, -0.25) is 9.59 Å². The van der Waals surface area contributed by atoms with Gasteiger partial charge in [0, 0.05) is 18.7 Å². The van der Waals surface area contributed by atoms with Crippen LogP contribution in [0.1, 0.15) is 19.8 Å². The van der Waals surface area contributed by atoms with Crippen molar-refractivity contribution in [1.29, 1.82) is 0 Å². The zero-order chi connectivity index (χ0) is 18.4. The van der Waals surface area contributed by atoms with Crippen LogP contribution < -0.4 is 19.7 Å². The maximum atomic E-state index is 12.1. The number of carbonyl (C=O) groups excluding carboxylic acids is 2. The summed E-state index contributed by atoms with van der Waals surface area (Å²) in [5.74, 6) is 1.28. The van der Waals surface area contributed by atoms with Crippen LogP contribution in [0.4, 0.5) is 11.4 Å². The Hall–Kier alpha value is -3.02. The van der Waals surface area contributed by atoms with Gasteiger partial charge in [-0.25, -0.2) is 0 Å².